The third-order valence-corrected chi connectivity index (χ3v) is 3.48. The molecule has 7 heteroatoms. The van der Waals surface area contributed by atoms with E-state index in [4.69, 9.17) is 23.2 Å². The number of hydrogen-bond acceptors (Lipinski definition) is 3. The third-order valence-electron chi connectivity index (χ3n) is 2.81. The van der Waals surface area contributed by atoms with Gasteiger partial charge in [-0.3, -0.25) is 10.1 Å². The quantitative estimate of drug-likeness (QED) is 0.604. The van der Waals surface area contributed by atoms with Crippen LogP contribution in [0.15, 0.2) is 12.1 Å². The topological polar surface area (TPSA) is 56.0 Å². The van der Waals surface area contributed by atoms with E-state index in [-0.39, 0.29) is 38.2 Å². The second kappa shape index (κ2) is 5.50. The Kier molecular flexibility index (Phi) is 4.11. The summed E-state index contributed by atoms with van der Waals surface area (Å²) in [6.07, 6.45) is 0.360. The number of hydrogen-bond donors (Lipinski definition) is 0. The molecule has 2 rings (SSSR count). The highest BCUT2D eigenvalue weighted by Crippen LogP contribution is 2.38. The number of halogens is 3. The Morgan fingerprint density at radius 1 is 1.40 bits per heavy atom. The third kappa shape index (κ3) is 2.55. The normalized spacial score (nSPS) is 11.3. The predicted octanol–water partition coefficient (Wildman–Crippen LogP) is 4.79. The summed E-state index contributed by atoms with van der Waals surface area (Å²) < 4.78 is 13.9. The van der Waals surface area contributed by atoms with Crippen LogP contribution in [0.3, 0.4) is 0 Å². The van der Waals surface area contributed by atoms with Crippen molar-refractivity contribution in [2.45, 2.75) is 20.3 Å². The molecule has 0 spiro atoms. The van der Waals surface area contributed by atoms with Crippen molar-refractivity contribution in [3.8, 4) is 0 Å². The van der Waals surface area contributed by atoms with Crippen LogP contribution in [0.4, 0.5) is 10.1 Å². The summed E-state index contributed by atoms with van der Waals surface area (Å²) >= 11 is 12.0. The summed E-state index contributed by atoms with van der Waals surface area (Å²) in [6, 6.07) is 2.47. The minimum absolute atomic E-state index is 0.113. The largest absolute Gasteiger partial charge is 0.309 e. The molecule has 2 aromatic rings. The van der Waals surface area contributed by atoms with Crippen LogP contribution in [0.1, 0.15) is 19.5 Å². The van der Waals surface area contributed by atoms with Gasteiger partial charge in [0.25, 0.3) is 0 Å². The van der Waals surface area contributed by atoms with Gasteiger partial charge in [-0.1, -0.05) is 37.0 Å². The van der Waals surface area contributed by atoms with Crippen molar-refractivity contribution in [1.82, 2.24) is 4.98 Å². The van der Waals surface area contributed by atoms with Gasteiger partial charge in [0, 0.05) is 0 Å². The van der Waals surface area contributed by atoms with E-state index in [1.54, 1.807) is 0 Å². The molecule has 0 amide bonds. The molecule has 1 aromatic heterocycles. The van der Waals surface area contributed by atoms with Crippen molar-refractivity contribution in [3.05, 3.63) is 43.8 Å². The molecular weight excluding hydrogens is 306 g/mol. The Balaban J connectivity index is 2.89. The van der Waals surface area contributed by atoms with Crippen molar-refractivity contribution < 1.29 is 9.31 Å². The number of nitrogens with zero attached hydrogens (tertiary/aromatic N) is 2. The van der Waals surface area contributed by atoms with Gasteiger partial charge >= 0.3 is 5.69 Å². The zero-order chi connectivity index (χ0) is 15.0. The summed E-state index contributed by atoms with van der Waals surface area (Å²) in [4.78, 5) is 14.7. The minimum atomic E-state index is -0.680. The fourth-order valence-electron chi connectivity index (χ4n) is 2.01. The molecule has 0 saturated carbocycles. The van der Waals surface area contributed by atoms with E-state index in [1.165, 1.54) is 6.07 Å². The van der Waals surface area contributed by atoms with Crippen LogP contribution in [0, 0.1) is 21.8 Å². The standard InChI is InChI=1S/C13H11Cl2FN2O2/c1-6(2)5-9-13(18(19)20)11(15)10-8(16)4-3-7(14)12(10)17-9/h3-4,6H,5H2,1-2H3. The molecule has 1 aromatic carbocycles. The maximum absolute atomic E-state index is 13.9. The van der Waals surface area contributed by atoms with Crippen molar-refractivity contribution >= 4 is 39.8 Å². The Bertz CT molecular complexity index is 705. The molecule has 0 saturated heterocycles. The van der Waals surface area contributed by atoms with Gasteiger partial charge < -0.3 is 0 Å². The lowest BCUT2D eigenvalue weighted by Gasteiger charge is -2.10. The van der Waals surface area contributed by atoms with Crippen LogP contribution in [-0.4, -0.2) is 9.91 Å². The second-order valence-corrected chi connectivity index (χ2v) is 5.61. The molecule has 0 N–H and O–H groups in total. The lowest BCUT2D eigenvalue weighted by Crippen LogP contribution is -2.05. The molecule has 0 unspecified atom stereocenters. The summed E-state index contributed by atoms with van der Waals surface area (Å²) in [5.74, 6) is -0.539. The number of benzene rings is 1. The summed E-state index contributed by atoms with van der Waals surface area (Å²) in [7, 11) is 0. The van der Waals surface area contributed by atoms with Gasteiger partial charge in [-0.2, -0.15) is 0 Å². The van der Waals surface area contributed by atoms with Crippen LogP contribution < -0.4 is 0 Å². The van der Waals surface area contributed by atoms with Crippen LogP contribution in [-0.2, 0) is 6.42 Å². The average Bonchev–Trinajstić information content (AvgIpc) is 2.32. The van der Waals surface area contributed by atoms with Crippen molar-refractivity contribution in [2.75, 3.05) is 0 Å². The maximum atomic E-state index is 13.9. The molecule has 20 heavy (non-hydrogen) atoms. The van der Waals surface area contributed by atoms with E-state index in [0.29, 0.717) is 6.42 Å². The Morgan fingerprint density at radius 2 is 2.05 bits per heavy atom. The van der Waals surface area contributed by atoms with Crippen LogP contribution >= 0.6 is 23.2 Å². The maximum Gasteiger partial charge on any atom is 0.309 e. The molecular formula is C13H11Cl2FN2O2. The van der Waals surface area contributed by atoms with Crippen LogP contribution in [0.5, 0.6) is 0 Å². The van der Waals surface area contributed by atoms with Crippen molar-refractivity contribution in [1.29, 1.82) is 0 Å². The van der Waals surface area contributed by atoms with Crippen molar-refractivity contribution in [3.63, 3.8) is 0 Å². The summed E-state index contributed by atoms with van der Waals surface area (Å²) in [5, 5.41) is 11.0. The molecule has 0 aliphatic rings. The lowest BCUT2D eigenvalue weighted by molar-refractivity contribution is -0.385. The summed E-state index contributed by atoms with van der Waals surface area (Å²) in [6.45, 7) is 3.80. The van der Waals surface area contributed by atoms with Gasteiger partial charge in [0.05, 0.1) is 20.8 Å². The van der Waals surface area contributed by atoms with E-state index >= 15 is 0 Å². The highest BCUT2D eigenvalue weighted by atomic mass is 35.5. The first-order valence-corrected chi connectivity index (χ1v) is 6.69. The van der Waals surface area contributed by atoms with Crippen LogP contribution in [0.25, 0.3) is 10.9 Å². The number of aromatic nitrogens is 1. The van der Waals surface area contributed by atoms with Gasteiger partial charge in [-0.25, -0.2) is 9.37 Å². The number of nitro groups is 1. The molecule has 0 fully saturated rings. The minimum Gasteiger partial charge on any atom is -0.258 e. The van der Waals surface area contributed by atoms with Gasteiger partial charge in [-0.05, 0) is 24.5 Å². The highest BCUT2D eigenvalue weighted by molar-refractivity contribution is 6.40. The van der Waals surface area contributed by atoms with Gasteiger partial charge in [-0.15, -0.1) is 0 Å². The molecule has 1 heterocycles. The lowest BCUT2D eigenvalue weighted by atomic mass is 10.0. The monoisotopic (exact) mass is 316 g/mol. The average molecular weight is 317 g/mol. The van der Waals surface area contributed by atoms with Gasteiger partial charge in [0.1, 0.15) is 16.5 Å². The molecule has 0 atom stereocenters. The van der Waals surface area contributed by atoms with Crippen molar-refractivity contribution in [2.24, 2.45) is 5.92 Å². The Morgan fingerprint density at radius 3 is 2.60 bits per heavy atom. The second-order valence-electron chi connectivity index (χ2n) is 4.83. The first kappa shape index (κ1) is 14.9. The van der Waals surface area contributed by atoms with E-state index in [0.717, 1.165) is 6.07 Å². The fourth-order valence-corrected chi connectivity index (χ4v) is 2.56. The SMILES string of the molecule is CC(C)Cc1nc2c(Cl)ccc(F)c2c(Cl)c1[N+](=O)[O-]. The van der Waals surface area contributed by atoms with E-state index in [1.807, 2.05) is 13.8 Å². The Labute approximate surface area is 124 Å². The first-order valence-electron chi connectivity index (χ1n) is 5.93. The molecule has 0 aliphatic heterocycles. The predicted molar refractivity (Wildman–Crippen MR) is 76.9 cm³/mol. The van der Waals surface area contributed by atoms with E-state index in [2.05, 4.69) is 4.98 Å². The number of pyridine rings is 1. The van der Waals surface area contributed by atoms with Gasteiger partial charge in [0.15, 0.2) is 0 Å². The molecule has 106 valence electrons. The number of fused-ring (bicyclic) bond motifs is 1. The Hall–Kier alpha value is -1.46. The zero-order valence-corrected chi connectivity index (χ0v) is 12.3. The highest BCUT2D eigenvalue weighted by Gasteiger charge is 2.26. The molecule has 0 bridgehead atoms. The zero-order valence-electron chi connectivity index (χ0n) is 10.8. The van der Waals surface area contributed by atoms with Crippen LogP contribution in [0.2, 0.25) is 10.0 Å². The van der Waals surface area contributed by atoms with E-state index in [9.17, 15) is 14.5 Å². The molecule has 0 radical (unpaired) electrons. The summed E-state index contributed by atoms with van der Waals surface area (Å²) in [5.41, 5.74) is 0.0157. The smallest absolute Gasteiger partial charge is 0.258 e. The van der Waals surface area contributed by atoms with E-state index < -0.39 is 10.7 Å². The first-order chi connectivity index (χ1) is 9.32. The fraction of sp³-hybridized carbons (Fsp3) is 0.308. The molecule has 4 nitrogen and oxygen atoms in total. The molecule has 0 aliphatic carbocycles. The number of rotatable bonds is 3. The van der Waals surface area contributed by atoms with Gasteiger partial charge in [0.2, 0.25) is 0 Å².